The second-order valence-electron chi connectivity index (χ2n) is 4.64. The number of likely N-dealkylation sites (N-methyl/N-ethyl adjacent to an activating group) is 1. The van der Waals surface area contributed by atoms with E-state index in [9.17, 15) is 0 Å². The summed E-state index contributed by atoms with van der Waals surface area (Å²) >= 11 is 6.13. The minimum atomic E-state index is 0.147. The van der Waals surface area contributed by atoms with E-state index >= 15 is 0 Å². The zero-order chi connectivity index (χ0) is 12.8. The van der Waals surface area contributed by atoms with Gasteiger partial charge in [0.1, 0.15) is 11.9 Å². The first kappa shape index (κ1) is 14.3. The van der Waals surface area contributed by atoms with E-state index in [-0.39, 0.29) is 6.10 Å². The van der Waals surface area contributed by atoms with Crippen LogP contribution < -0.4 is 10.1 Å². The van der Waals surface area contributed by atoms with Crippen molar-refractivity contribution < 1.29 is 4.74 Å². The number of aryl methyl sites for hydroxylation is 1. The molecule has 1 rings (SSSR count). The molecule has 0 radical (unpaired) electrons. The van der Waals surface area contributed by atoms with Crippen LogP contribution in [0.5, 0.6) is 5.75 Å². The van der Waals surface area contributed by atoms with E-state index in [0.717, 1.165) is 24.4 Å². The van der Waals surface area contributed by atoms with Gasteiger partial charge in [0.2, 0.25) is 0 Å². The average Bonchev–Trinajstić information content (AvgIpc) is 2.28. The molecule has 1 aromatic rings. The minimum absolute atomic E-state index is 0.147. The number of hydrogen-bond donors (Lipinski definition) is 1. The van der Waals surface area contributed by atoms with Crippen molar-refractivity contribution >= 4 is 11.6 Å². The molecule has 0 bridgehead atoms. The normalized spacial score (nSPS) is 12.8. The molecule has 17 heavy (non-hydrogen) atoms. The van der Waals surface area contributed by atoms with Gasteiger partial charge < -0.3 is 10.1 Å². The molecular weight excluding hydrogens is 234 g/mol. The van der Waals surface area contributed by atoms with Crippen LogP contribution in [0.25, 0.3) is 0 Å². The molecule has 0 aliphatic carbocycles. The summed E-state index contributed by atoms with van der Waals surface area (Å²) in [6.45, 7) is 10.2. The van der Waals surface area contributed by atoms with Crippen molar-refractivity contribution in [3.05, 3.63) is 28.8 Å². The molecule has 2 nitrogen and oxygen atoms in total. The topological polar surface area (TPSA) is 21.3 Å². The van der Waals surface area contributed by atoms with Crippen molar-refractivity contribution in [2.24, 2.45) is 5.92 Å². The van der Waals surface area contributed by atoms with Gasteiger partial charge in [-0.2, -0.15) is 0 Å². The molecule has 1 N–H and O–H groups in total. The van der Waals surface area contributed by atoms with Gasteiger partial charge in [0.25, 0.3) is 0 Å². The highest BCUT2D eigenvalue weighted by molar-refractivity contribution is 6.32. The number of ether oxygens (including phenoxy) is 1. The van der Waals surface area contributed by atoms with Gasteiger partial charge in [-0.1, -0.05) is 38.4 Å². The molecule has 1 atom stereocenters. The average molecular weight is 256 g/mol. The minimum Gasteiger partial charge on any atom is -0.487 e. The summed E-state index contributed by atoms with van der Waals surface area (Å²) in [5.74, 6) is 1.23. The van der Waals surface area contributed by atoms with Crippen molar-refractivity contribution in [3.8, 4) is 5.75 Å². The van der Waals surface area contributed by atoms with Crippen LogP contribution >= 0.6 is 11.6 Å². The van der Waals surface area contributed by atoms with Crippen molar-refractivity contribution in [1.82, 2.24) is 5.32 Å². The lowest BCUT2D eigenvalue weighted by atomic mass is 10.1. The number of rotatable bonds is 6. The maximum atomic E-state index is 6.13. The predicted molar refractivity (Wildman–Crippen MR) is 74.0 cm³/mol. The summed E-state index contributed by atoms with van der Waals surface area (Å²) in [6, 6.07) is 5.87. The number of halogens is 1. The van der Waals surface area contributed by atoms with Crippen LogP contribution in [0.3, 0.4) is 0 Å². The molecule has 0 aliphatic rings. The molecule has 0 saturated heterocycles. The summed E-state index contributed by atoms with van der Waals surface area (Å²) in [4.78, 5) is 0. The first-order valence-corrected chi connectivity index (χ1v) is 6.56. The van der Waals surface area contributed by atoms with Crippen LogP contribution in [-0.2, 0) is 0 Å². The Hall–Kier alpha value is -0.730. The van der Waals surface area contributed by atoms with Gasteiger partial charge in [-0.25, -0.2) is 0 Å². The Bertz CT molecular complexity index is 352. The third-order valence-electron chi connectivity index (χ3n) is 2.70. The molecule has 0 aliphatic heterocycles. The largest absolute Gasteiger partial charge is 0.487 e. The molecule has 1 unspecified atom stereocenters. The quantitative estimate of drug-likeness (QED) is 0.838. The summed E-state index contributed by atoms with van der Waals surface area (Å²) < 4.78 is 6.00. The molecule has 0 spiro atoms. The van der Waals surface area contributed by atoms with Gasteiger partial charge in [0, 0.05) is 6.54 Å². The summed E-state index contributed by atoms with van der Waals surface area (Å²) in [5.41, 5.74) is 1.16. The van der Waals surface area contributed by atoms with Crippen LogP contribution in [0, 0.1) is 12.8 Å². The zero-order valence-corrected chi connectivity index (χ0v) is 11.8. The molecular formula is C14H22ClNO. The Morgan fingerprint density at radius 2 is 2.06 bits per heavy atom. The van der Waals surface area contributed by atoms with Crippen molar-refractivity contribution in [1.29, 1.82) is 0 Å². The van der Waals surface area contributed by atoms with Crippen LogP contribution in [0.15, 0.2) is 18.2 Å². The number of hydrogen-bond acceptors (Lipinski definition) is 2. The van der Waals surface area contributed by atoms with Crippen LogP contribution in [0.4, 0.5) is 0 Å². The Morgan fingerprint density at radius 1 is 1.35 bits per heavy atom. The fraction of sp³-hybridized carbons (Fsp3) is 0.571. The third-order valence-corrected chi connectivity index (χ3v) is 3.02. The third kappa shape index (κ3) is 4.57. The maximum Gasteiger partial charge on any atom is 0.138 e. The lowest BCUT2D eigenvalue weighted by molar-refractivity contribution is 0.149. The number of benzene rings is 1. The highest BCUT2D eigenvalue weighted by Crippen LogP contribution is 2.27. The monoisotopic (exact) mass is 255 g/mol. The Kier molecular flexibility index (Phi) is 5.79. The zero-order valence-electron chi connectivity index (χ0n) is 11.1. The second-order valence-corrected chi connectivity index (χ2v) is 5.05. The predicted octanol–water partition coefficient (Wildman–Crippen LogP) is 3.66. The second kappa shape index (κ2) is 6.87. The summed E-state index contributed by atoms with van der Waals surface area (Å²) in [6.07, 6.45) is 0.147. The van der Waals surface area contributed by atoms with Crippen LogP contribution in [-0.4, -0.2) is 19.2 Å². The number of nitrogens with one attached hydrogen (secondary N) is 1. The van der Waals surface area contributed by atoms with Gasteiger partial charge in [0.15, 0.2) is 0 Å². The van der Waals surface area contributed by atoms with E-state index in [4.69, 9.17) is 16.3 Å². The van der Waals surface area contributed by atoms with E-state index in [1.54, 1.807) is 0 Å². The lowest BCUT2D eigenvalue weighted by Crippen LogP contribution is -2.35. The standard InChI is InChI=1S/C14H22ClNO/c1-5-16-9-14(10(2)3)17-13-8-11(4)6-7-12(13)15/h6-8,10,14,16H,5,9H2,1-4H3. The molecule has 3 heteroatoms. The fourth-order valence-corrected chi connectivity index (χ4v) is 1.73. The van der Waals surface area contributed by atoms with E-state index in [1.807, 2.05) is 25.1 Å². The molecule has 0 saturated carbocycles. The summed E-state index contributed by atoms with van der Waals surface area (Å²) in [7, 11) is 0. The van der Waals surface area contributed by atoms with Crippen molar-refractivity contribution in [2.75, 3.05) is 13.1 Å². The molecule has 96 valence electrons. The molecule has 1 aromatic carbocycles. The molecule has 0 fully saturated rings. The van der Waals surface area contributed by atoms with E-state index < -0.39 is 0 Å². The van der Waals surface area contributed by atoms with E-state index in [1.165, 1.54) is 0 Å². The fourth-order valence-electron chi connectivity index (χ4n) is 1.56. The van der Waals surface area contributed by atoms with Crippen LogP contribution in [0.1, 0.15) is 26.3 Å². The molecule has 0 amide bonds. The molecule has 0 aromatic heterocycles. The van der Waals surface area contributed by atoms with Gasteiger partial charge in [-0.15, -0.1) is 0 Å². The van der Waals surface area contributed by atoms with E-state index in [2.05, 4.69) is 26.1 Å². The van der Waals surface area contributed by atoms with Gasteiger partial charge >= 0.3 is 0 Å². The van der Waals surface area contributed by atoms with Gasteiger partial charge in [0.05, 0.1) is 5.02 Å². The Balaban J connectivity index is 2.74. The van der Waals surface area contributed by atoms with Gasteiger partial charge in [-0.3, -0.25) is 0 Å². The first-order valence-electron chi connectivity index (χ1n) is 6.18. The Morgan fingerprint density at radius 3 is 2.65 bits per heavy atom. The molecule has 0 heterocycles. The lowest BCUT2D eigenvalue weighted by Gasteiger charge is -2.23. The van der Waals surface area contributed by atoms with Crippen LogP contribution in [0.2, 0.25) is 5.02 Å². The van der Waals surface area contributed by atoms with Crippen molar-refractivity contribution in [3.63, 3.8) is 0 Å². The SMILES string of the molecule is CCNCC(Oc1cc(C)ccc1Cl)C(C)C. The Labute approximate surface area is 109 Å². The summed E-state index contributed by atoms with van der Waals surface area (Å²) in [5, 5.41) is 3.99. The highest BCUT2D eigenvalue weighted by atomic mass is 35.5. The van der Waals surface area contributed by atoms with Gasteiger partial charge in [-0.05, 0) is 37.1 Å². The smallest absolute Gasteiger partial charge is 0.138 e. The first-order chi connectivity index (χ1) is 8.04. The van der Waals surface area contributed by atoms with E-state index in [0.29, 0.717) is 10.9 Å². The van der Waals surface area contributed by atoms with Crippen molar-refractivity contribution in [2.45, 2.75) is 33.8 Å². The highest BCUT2D eigenvalue weighted by Gasteiger charge is 2.16. The maximum absolute atomic E-state index is 6.13.